The van der Waals surface area contributed by atoms with Crippen LogP contribution in [-0.4, -0.2) is 18.4 Å². The average Bonchev–Trinajstić information content (AvgIpc) is 2.36. The monoisotopic (exact) mass is 230 g/mol. The highest BCUT2D eigenvalue weighted by atomic mass is 16.2. The zero-order valence-corrected chi connectivity index (χ0v) is 9.40. The molecule has 0 aromatic heterocycles. The maximum Gasteiger partial charge on any atom is 0.251 e. The molecule has 0 unspecified atom stereocenters. The van der Waals surface area contributed by atoms with E-state index >= 15 is 0 Å². The Labute approximate surface area is 100 Å². The molecular formula is C13H14N2O2. The summed E-state index contributed by atoms with van der Waals surface area (Å²) in [6.07, 6.45) is 2.79. The summed E-state index contributed by atoms with van der Waals surface area (Å²) in [5, 5.41) is 5.26. The van der Waals surface area contributed by atoms with Crippen molar-refractivity contribution in [2.75, 3.05) is 11.9 Å². The number of hydrogen-bond acceptors (Lipinski definition) is 2. The first-order chi connectivity index (χ1) is 8.17. The van der Waals surface area contributed by atoms with Crippen LogP contribution in [0.1, 0.15) is 10.4 Å². The number of carbonyl (C=O) groups is 2. The van der Waals surface area contributed by atoms with Crippen LogP contribution < -0.4 is 10.6 Å². The zero-order chi connectivity index (χ0) is 12.7. The molecular weight excluding hydrogens is 216 g/mol. The summed E-state index contributed by atoms with van der Waals surface area (Å²) in [5.74, 6) is -0.458. The van der Waals surface area contributed by atoms with Crippen molar-refractivity contribution in [3.63, 3.8) is 0 Å². The van der Waals surface area contributed by atoms with Crippen molar-refractivity contribution in [3.05, 3.63) is 55.1 Å². The van der Waals surface area contributed by atoms with Gasteiger partial charge in [-0.15, -0.1) is 6.58 Å². The minimum absolute atomic E-state index is 0.175. The highest BCUT2D eigenvalue weighted by molar-refractivity contribution is 5.99. The Morgan fingerprint density at radius 3 is 2.35 bits per heavy atom. The van der Waals surface area contributed by atoms with Crippen molar-refractivity contribution in [2.24, 2.45) is 0 Å². The van der Waals surface area contributed by atoms with Crippen LogP contribution in [0.3, 0.4) is 0 Å². The van der Waals surface area contributed by atoms with Gasteiger partial charge in [-0.1, -0.05) is 12.7 Å². The smallest absolute Gasteiger partial charge is 0.251 e. The molecule has 4 nitrogen and oxygen atoms in total. The second kappa shape index (κ2) is 6.27. The van der Waals surface area contributed by atoms with Crippen LogP contribution in [0, 0.1) is 0 Å². The van der Waals surface area contributed by atoms with Gasteiger partial charge in [-0.05, 0) is 30.3 Å². The molecule has 1 rings (SSSR count). The number of nitrogens with one attached hydrogen (secondary N) is 2. The molecule has 2 amide bonds. The third kappa shape index (κ3) is 3.95. The molecule has 0 atom stereocenters. The fraction of sp³-hybridized carbons (Fsp3) is 0.0769. The fourth-order valence-electron chi connectivity index (χ4n) is 1.17. The summed E-state index contributed by atoms with van der Waals surface area (Å²) in [6.45, 7) is 7.29. The quantitative estimate of drug-likeness (QED) is 0.597. The lowest BCUT2D eigenvalue weighted by Crippen LogP contribution is -2.23. The number of carbonyl (C=O) groups excluding carboxylic acids is 2. The number of rotatable bonds is 5. The van der Waals surface area contributed by atoms with Crippen LogP contribution >= 0.6 is 0 Å². The van der Waals surface area contributed by atoms with E-state index in [4.69, 9.17) is 0 Å². The first kappa shape index (κ1) is 12.7. The lowest BCUT2D eigenvalue weighted by molar-refractivity contribution is -0.111. The molecule has 1 aromatic carbocycles. The topological polar surface area (TPSA) is 58.2 Å². The molecule has 0 aliphatic carbocycles. The second-order valence-corrected chi connectivity index (χ2v) is 3.27. The van der Waals surface area contributed by atoms with Gasteiger partial charge in [0.05, 0.1) is 0 Å². The molecule has 0 aliphatic rings. The van der Waals surface area contributed by atoms with Gasteiger partial charge in [0, 0.05) is 17.8 Å². The Kier molecular flexibility index (Phi) is 4.69. The Morgan fingerprint density at radius 2 is 1.82 bits per heavy atom. The standard InChI is InChI=1S/C13H14N2O2/c1-3-9-14-13(17)10-5-7-11(8-6-10)15-12(16)4-2/h3-8H,1-2,9H2,(H,14,17)(H,15,16). The summed E-state index contributed by atoms with van der Waals surface area (Å²) in [7, 11) is 0. The van der Waals surface area contributed by atoms with E-state index in [1.165, 1.54) is 6.08 Å². The van der Waals surface area contributed by atoms with Crippen LogP contribution in [0.5, 0.6) is 0 Å². The van der Waals surface area contributed by atoms with E-state index in [9.17, 15) is 9.59 Å². The molecule has 0 radical (unpaired) electrons. The van der Waals surface area contributed by atoms with E-state index in [2.05, 4.69) is 23.8 Å². The Hall–Kier alpha value is -2.36. The Balaban J connectivity index is 2.67. The molecule has 0 spiro atoms. The van der Waals surface area contributed by atoms with Crippen molar-refractivity contribution in [2.45, 2.75) is 0 Å². The lowest BCUT2D eigenvalue weighted by Gasteiger charge is -2.04. The van der Waals surface area contributed by atoms with Gasteiger partial charge in [-0.2, -0.15) is 0 Å². The number of amides is 2. The van der Waals surface area contributed by atoms with E-state index in [0.717, 1.165) is 0 Å². The highest BCUT2D eigenvalue weighted by Crippen LogP contribution is 2.09. The number of anilines is 1. The summed E-state index contributed by atoms with van der Waals surface area (Å²) in [5.41, 5.74) is 1.15. The molecule has 0 bridgehead atoms. The van der Waals surface area contributed by atoms with Crippen LogP contribution in [0.2, 0.25) is 0 Å². The fourth-order valence-corrected chi connectivity index (χ4v) is 1.17. The molecule has 0 saturated carbocycles. The van der Waals surface area contributed by atoms with Crippen molar-refractivity contribution < 1.29 is 9.59 Å². The number of hydrogen-bond donors (Lipinski definition) is 2. The number of benzene rings is 1. The minimum atomic E-state index is -0.283. The maximum atomic E-state index is 11.5. The van der Waals surface area contributed by atoms with Crippen LogP contribution in [0.15, 0.2) is 49.6 Å². The predicted octanol–water partition coefficient (Wildman–Crippen LogP) is 1.73. The molecule has 1 aromatic rings. The van der Waals surface area contributed by atoms with E-state index in [1.54, 1.807) is 30.3 Å². The van der Waals surface area contributed by atoms with E-state index < -0.39 is 0 Å². The Morgan fingerprint density at radius 1 is 1.18 bits per heavy atom. The van der Waals surface area contributed by atoms with Gasteiger partial charge in [-0.3, -0.25) is 9.59 Å². The second-order valence-electron chi connectivity index (χ2n) is 3.27. The van der Waals surface area contributed by atoms with Gasteiger partial charge < -0.3 is 10.6 Å². The zero-order valence-electron chi connectivity index (χ0n) is 9.40. The Bertz CT molecular complexity index is 435. The van der Waals surface area contributed by atoms with Gasteiger partial charge in [0.1, 0.15) is 0 Å². The van der Waals surface area contributed by atoms with Crippen molar-refractivity contribution in [1.29, 1.82) is 0 Å². The van der Waals surface area contributed by atoms with Gasteiger partial charge in [0.15, 0.2) is 0 Å². The van der Waals surface area contributed by atoms with Crippen molar-refractivity contribution >= 4 is 17.5 Å². The molecule has 0 aliphatic heterocycles. The molecule has 88 valence electrons. The summed E-state index contributed by atoms with van der Waals surface area (Å²) >= 11 is 0. The van der Waals surface area contributed by atoms with Gasteiger partial charge in [0.25, 0.3) is 5.91 Å². The SMILES string of the molecule is C=CCNC(=O)c1ccc(NC(=O)C=C)cc1. The van der Waals surface area contributed by atoms with Gasteiger partial charge in [0.2, 0.25) is 5.91 Å². The van der Waals surface area contributed by atoms with Crippen molar-refractivity contribution in [3.8, 4) is 0 Å². The lowest BCUT2D eigenvalue weighted by atomic mass is 10.2. The minimum Gasteiger partial charge on any atom is -0.349 e. The molecule has 2 N–H and O–H groups in total. The largest absolute Gasteiger partial charge is 0.349 e. The summed E-state index contributed by atoms with van der Waals surface area (Å²) in [6, 6.07) is 6.59. The maximum absolute atomic E-state index is 11.5. The molecule has 4 heteroatoms. The predicted molar refractivity (Wildman–Crippen MR) is 67.8 cm³/mol. The van der Waals surface area contributed by atoms with Gasteiger partial charge in [-0.25, -0.2) is 0 Å². The molecule has 0 saturated heterocycles. The third-order valence-corrected chi connectivity index (χ3v) is 2.01. The van der Waals surface area contributed by atoms with E-state index in [1.807, 2.05) is 0 Å². The van der Waals surface area contributed by atoms with Gasteiger partial charge >= 0.3 is 0 Å². The van der Waals surface area contributed by atoms with Crippen LogP contribution in [-0.2, 0) is 4.79 Å². The van der Waals surface area contributed by atoms with Crippen molar-refractivity contribution in [1.82, 2.24) is 5.32 Å². The molecule has 17 heavy (non-hydrogen) atoms. The van der Waals surface area contributed by atoms with Crippen LogP contribution in [0.25, 0.3) is 0 Å². The summed E-state index contributed by atoms with van der Waals surface area (Å²) < 4.78 is 0. The first-order valence-electron chi connectivity index (χ1n) is 5.10. The first-order valence-corrected chi connectivity index (χ1v) is 5.10. The van der Waals surface area contributed by atoms with E-state index in [-0.39, 0.29) is 11.8 Å². The highest BCUT2D eigenvalue weighted by Gasteiger charge is 2.04. The molecule has 0 fully saturated rings. The summed E-state index contributed by atoms with van der Waals surface area (Å²) in [4.78, 5) is 22.6. The average molecular weight is 230 g/mol. The van der Waals surface area contributed by atoms with Crippen LogP contribution in [0.4, 0.5) is 5.69 Å². The molecule has 0 heterocycles. The third-order valence-electron chi connectivity index (χ3n) is 2.01. The van der Waals surface area contributed by atoms with E-state index in [0.29, 0.717) is 17.8 Å². The normalized spacial score (nSPS) is 9.18.